The predicted octanol–water partition coefficient (Wildman–Crippen LogP) is 2.45. The first-order valence-electron chi connectivity index (χ1n) is 8.75. The highest BCUT2D eigenvalue weighted by molar-refractivity contribution is 6.42. The minimum Gasteiger partial charge on any atom is -0.353 e. The second-order valence-corrected chi connectivity index (χ2v) is 7.57. The quantitative estimate of drug-likeness (QED) is 0.718. The number of benzene rings is 1. The molecule has 8 heteroatoms. The molecule has 2 saturated heterocycles. The number of piperazine rings is 1. The Morgan fingerprint density at radius 3 is 2.73 bits per heavy atom. The minimum atomic E-state index is -0.642. The summed E-state index contributed by atoms with van der Waals surface area (Å²) in [5.41, 5.74) is 0.279. The van der Waals surface area contributed by atoms with Gasteiger partial charge >= 0.3 is 11.8 Å². The van der Waals surface area contributed by atoms with E-state index in [1.165, 1.54) is 0 Å². The molecule has 0 spiro atoms. The van der Waals surface area contributed by atoms with Crippen LogP contribution in [0, 0.1) is 0 Å². The Kier molecular flexibility index (Phi) is 6.40. The molecule has 26 heavy (non-hydrogen) atoms. The van der Waals surface area contributed by atoms with Gasteiger partial charge in [0.2, 0.25) is 0 Å². The highest BCUT2D eigenvalue weighted by Gasteiger charge is 2.39. The molecule has 1 aromatic rings. The first-order valence-corrected chi connectivity index (χ1v) is 9.50. The zero-order chi connectivity index (χ0) is 18.6. The number of nitrogens with one attached hydrogen (secondary N) is 2. The molecular weight excluding hydrogens is 379 g/mol. The fourth-order valence-corrected chi connectivity index (χ4v) is 3.61. The lowest BCUT2D eigenvalue weighted by Crippen LogP contribution is -2.65. The van der Waals surface area contributed by atoms with E-state index in [0.717, 1.165) is 24.8 Å². The summed E-state index contributed by atoms with van der Waals surface area (Å²) in [6.45, 7) is 1.46. The highest BCUT2D eigenvalue weighted by Crippen LogP contribution is 2.27. The van der Waals surface area contributed by atoms with Gasteiger partial charge in [-0.1, -0.05) is 29.3 Å². The number of ether oxygens (including phenoxy) is 2. The van der Waals surface area contributed by atoms with Gasteiger partial charge in [0, 0.05) is 13.2 Å². The second kappa shape index (κ2) is 8.57. The van der Waals surface area contributed by atoms with E-state index in [0.29, 0.717) is 42.6 Å². The van der Waals surface area contributed by atoms with Gasteiger partial charge in [-0.2, -0.15) is 0 Å². The smallest absolute Gasteiger partial charge is 0.309 e. The molecule has 2 aliphatic heterocycles. The molecule has 2 unspecified atom stereocenters. The van der Waals surface area contributed by atoms with Gasteiger partial charge < -0.3 is 20.1 Å². The van der Waals surface area contributed by atoms with E-state index in [4.69, 9.17) is 32.7 Å². The molecule has 2 N–H and O–H groups in total. The van der Waals surface area contributed by atoms with Crippen LogP contribution in [0.2, 0.25) is 10.0 Å². The summed E-state index contributed by atoms with van der Waals surface area (Å²) in [6, 6.07) is 5.37. The van der Waals surface area contributed by atoms with Crippen LogP contribution in [0.15, 0.2) is 18.2 Å². The lowest BCUT2D eigenvalue weighted by Gasteiger charge is -2.38. The molecule has 0 radical (unpaired) electrons. The van der Waals surface area contributed by atoms with Crippen LogP contribution in [0.25, 0.3) is 0 Å². The maximum Gasteiger partial charge on any atom is 0.309 e. The number of amides is 2. The Hall–Kier alpha value is -1.34. The molecule has 2 amide bonds. The first kappa shape index (κ1) is 19.4. The number of halogens is 2. The van der Waals surface area contributed by atoms with Gasteiger partial charge in [-0.05, 0) is 49.8 Å². The standard InChI is InChI=1S/C18H22Cl2N2O4/c19-13-5-4-12(9-14(13)20)10-18(11-21-16(23)17(24)22-18)6-8-26-15-3-1-2-7-25-15/h4-5,9,15H,1-3,6-8,10-11H2,(H,21,23)(H,22,24). The molecule has 3 rings (SSSR count). The SMILES string of the molecule is O=C1NCC(CCOC2CCCCO2)(Cc2ccc(Cl)c(Cl)c2)NC1=O. The summed E-state index contributed by atoms with van der Waals surface area (Å²) < 4.78 is 11.4. The van der Waals surface area contributed by atoms with Gasteiger partial charge in [0.15, 0.2) is 6.29 Å². The second-order valence-electron chi connectivity index (χ2n) is 6.76. The summed E-state index contributed by atoms with van der Waals surface area (Å²) in [6.07, 6.45) is 3.88. The fraction of sp³-hybridized carbons (Fsp3) is 0.556. The van der Waals surface area contributed by atoms with E-state index in [1.54, 1.807) is 12.1 Å². The zero-order valence-corrected chi connectivity index (χ0v) is 15.9. The van der Waals surface area contributed by atoms with Gasteiger partial charge in [-0.15, -0.1) is 0 Å². The van der Waals surface area contributed by atoms with Crippen molar-refractivity contribution >= 4 is 35.0 Å². The summed E-state index contributed by atoms with van der Waals surface area (Å²) >= 11 is 12.1. The Morgan fingerprint density at radius 2 is 2.04 bits per heavy atom. The molecule has 6 nitrogen and oxygen atoms in total. The molecule has 0 bridgehead atoms. The number of hydrogen-bond acceptors (Lipinski definition) is 4. The largest absolute Gasteiger partial charge is 0.353 e. The van der Waals surface area contributed by atoms with Crippen LogP contribution in [-0.4, -0.2) is 43.4 Å². The van der Waals surface area contributed by atoms with Crippen molar-refractivity contribution in [2.75, 3.05) is 19.8 Å². The third kappa shape index (κ3) is 4.88. The Bertz CT molecular complexity index is 679. The lowest BCUT2D eigenvalue weighted by molar-refractivity contribution is -0.165. The monoisotopic (exact) mass is 400 g/mol. The van der Waals surface area contributed by atoms with Gasteiger partial charge in [-0.3, -0.25) is 9.59 Å². The van der Waals surface area contributed by atoms with Crippen LogP contribution >= 0.6 is 23.2 Å². The normalized spacial score (nSPS) is 26.3. The van der Waals surface area contributed by atoms with E-state index < -0.39 is 17.4 Å². The summed E-state index contributed by atoms with van der Waals surface area (Å²) in [4.78, 5) is 23.5. The molecule has 1 aromatic carbocycles. The summed E-state index contributed by atoms with van der Waals surface area (Å²) in [5.74, 6) is -1.25. The molecule has 2 fully saturated rings. The molecular formula is C18H22Cl2N2O4. The van der Waals surface area contributed by atoms with Crippen LogP contribution in [0.5, 0.6) is 0 Å². The van der Waals surface area contributed by atoms with Crippen molar-refractivity contribution in [1.82, 2.24) is 10.6 Å². The van der Waals surface area contributed by atoms with Crippen molar-refractivity contribution in [3.8, 4) is 0 Å². The molecule has 2 heterocycles. The third-order valence-electron chi connectivity index (χ3n) is 4.72. The van der Waals surface area contributed by atoms with Gasteiger partial charge in [0.05, 0.1) is 22.2 Å². The van der Waals surface area contributed by atoms with Crippen LogP contribution < -0.4 is 10.6 Å². The van der Waals surface area contributed by atoms with Crippen LogP contribution in [0.1, 0.15) is 31.2 Å². The van der Waals surface area contributed by atoms with Crippen molar-refractivity contribution in [1.29, 1.82) is 0 Å². The summed E-state index contributed by atoms with van der Waals surface area (Å²) in [5, 5.41) is 6.44. The highest BCUT2D eigenvalue weighted by atomic mass is 35.5. The lowest BCUT2D eigenvalue weighted by atomic mass is 9.86. The average Bonchev–Trinajstić information content (AvgIpc) is 2.63. The minimum absolute atomic E-state index is 0.195. The van der Waals surface area contributed by atoms with Gasteiger partial charge in [0.25, 0.3) is 0 Å². The van der Waals surface area contributed by atoms with Crippen molar-refractivity contribution in [3.05, 3.63) is 33.8 Å². The Balaban J connectivity index is 1.68. The zero-order valence-electron chi connectivity index (χ0n) is 14.4. The maximum absolute atomic E-state index is 11.9. The van der Waals surface area contributed by atoms with Crippen LogP contribution in [0.3, 0.4) is 0 Å². The molecule has 142 valence electrons. The molecule has 2 atom stereocenters. The van der Waals surface area contributed by atoms with Crippen LogP contribution in [0.4, 0.5) is 0 Å². The van der Waals surface area contributed by atoms with Crippen molar-refractivity contribution in [2.24, 2.45) is 0 Å². The number of hydrogen-bond donors (Lipinski definition) is 2. The molecule has 0 aliphatic carbocycles. The summed E-state index contributed by atoms with van der Waals surface area (Å²) in [7, 11) is 0. The average molecular weight is 401 g/mol. The number of rotatable bonds is 6. The van der Waals surface area contributed by atoms with Crippen molar-refractivity contribution in [2.45, 2.75) is 43.9 Å². The van der Waals surface area contributed by atoms with E-state index in [2.05, 4.69) is 10.6 Å². The van der Waals surface area contributed by atoms with E-state index >= 15 is 0 Å². The van der Waals surface area contributed by atoms with Gasteiger partial charge in [0.1, 0.15) is 0 Å². The molecule has 2 aliphatic rings. The van der Waals surface area contributed by atoms with E-state index in [1.807, 2.05) is 6.07 Å². The maximum atomic E-state index is 11.9. The molecule has 0 saturated carbocycles. The van der Waals surface area contributed by atoms with Crippen LogP contribution in [-0.2, 0) is 25.5 Å². The molecule has 0 aromatic heterocycles. The Morgan fingerprint density at radius 1 is 1.19 bits per heavy atom. The van der Waals surface area contributed by atoms with E-state index in [9.17, 15) is 9.59 Å². The van der Waals surface area contributed by atoms with Crippen molar-refractivity contribution in [3.63, 3.8) is 0 Å². The number of carbonyl (C=O) groups is 2. The van der Waals surface area contributed by atoms with Gasteiger partial charge in [-0.25, -0.2) is 0 Å². The third-order valence-corrected chi connectivity index (χ3v) is 5.46. The number of carbonyl (C=O) groups excluding carboxylic acids is 2. The Labute approximate surface area is 162 Å². The fourth-order valence-electron chi connectivity index (χ4n) is 3.29. The van der Waals surface area contributed by atoms with Crippen molar-refractivity contribution < 1.29 is 19.1 Å². The first-order chi connectivity index (χ1) is 12.5. The van der Waals surface area contributed by atoms with E-state index in [-0.39, 0.29) is 6.29 Å². The topological polar surface area (TPSA) is 76.7 Å². The predicted molar refractivity (Wildman–Crippen MR) is 98.2 cm³/mol.